The molecule has 8 heteroatoms. The van der Waals surface area contributed by atoms with Gasteiger partial charge in [-0.05, 0) is 19.3 Å². The number of aromatic nitrogens is 1. The Labute approximate surface area is 135 Å². The monoisotopic (exact) mass is 341 g/mol. The molecule has 1 aliphatic heterocycles. The molecule has 0 radical (unpaired) electrons. The van der Waals surface area contributed by atoms with Gasteiger partial charge in [0.2, 0.25) is 5.91 Å². The van der Waals surface area contributed by atoms with Crippen LogP contribution in [0.4, 0.5) is 0 Å². The molecule has 0 spiro atoms. The third-order valence-electron chi connectivity index (χ3n) is 3.03. The van der Waals surface area contributed by atoms with Crippen LogP contribution in [0.3, 0.4) is 0 Å². The molecule has 3 N–H and O–H groups in total. The van der Waals surface area contributed by atoms with Crippen LogP contribution in [0, 0.1) is 0 Å². The Morgan fingerprint density at radius 2 is 2.30 bits per heavy atom. The maximum atomic E-state index is 11.9. The van der Waals surface area contributed by atoms with Crippen LogP contribution >= 0.6 is 36.2 Å². The van der Waals surface area contributed by atoms with Crippen molar-refractivity contribution in [3.8, 4) is 0 Å². The molecule has 1 amide bonds. The van der Waals surface area contributed by atoms with Gasteiger partial charge in [0, 0.05) is 17.6 Å². The second kappa shape index (κ2) is 9.52. The van der Waals surface area contributed by atoms with E-state index in [2.05, 4.69) is 17.2 Å². The molecule has 1 aliphatic rings. The highest BCUT2D eigenvalue weighted by atomic mass is 35.5. The molecule has 5 nitrogen and oxygen atoms in total. The number of carbonyl (C=O) groups is 1. The first-order valence-corrected chi connectivity index (χ1v) is 7.11. The number of rotatable bonds is 5. The molecule has 20 heavy (non-hydrogen) atoms. The molecule has 0 bridgehead atoms. The zero-order valence-electron chi connectivity index (χ0n) is 11.3. The number of nitrogens with two attached hydrogens (primary N) is 1. The molecule has 116 valence electrons. The Morgan fingerprint density at radius 1 is 1.55 bits per heavy atom. The second-order valence-corrected chi connectivity index (χ2v) is 5.55. The molecule has 1 aromatic rings. The van der Waals surface area contributed by atoms with E-state index in [1.54, 1.807) is 11.3 Å². The van der Waals surface area contributed by atoms with Gasteiger partial charge in [0.25, 0.3) is 0 Å². The maximum absolute atomic E-state index is 11.9. The summed E-state index contributed by atoms with van der Waals surface area (Å²) < 4.78 is 5.53. The molecule has 1 aromatic heterocycles. The summed E-state index contributed by atoms with van der Waals surface area (Å²) in [7, 11) is 0. The number of ether oxygens (including phenoxy) is 1. The Hall–Kier alpha value is -0.400. The van der Waals surface area contributed by atoms with Crippen LogP contribution in [0.25, 0.3) is 0 Å². The number of hydrogen-bond donors (Lipinski definition) is 2. The smallest absolute Gasteiger partial charge is 0.249 e. The highest BCUT2D eigenvalue weighted by molar-refractivity contribution is 7.11. The molecular formula is C12H21Cl2N3O2S. The summed E-state index contributed by atoms with van der Waals surface area (Å²) in [6.07, 6.45) is 4.16. The lowest BCUT2D eigenvalue weighted by Gasteiger charge is -2.11. The number of thiazole rings is 1. The zero-order valence-corrected chi connectivity index (χ0v) is 13.8. The maximum Gasteiger partial charge on any atom is 0.249 e. The predicted octanol–water partition coefficient (Wildman–Crippen LogP) is 1.67. The van der Waals surface area contributed by atoms with Crippen molar-refractivity contribution in [2.24, 2.45) is 5.73 Å². The van der Waals surface area contributed by atoms with Gasteiger partial charge in [0.05, 0.1) is 12.6 Å². The van der Waals surface area contributed by atoms with E-state index in [-0.39, 0.29) is 42.9 Å². The normalized spacial score (nSPS) is 20.9. The van der Waals surface area contributed by atoms with E-state index in [0.717, 1.165) is 24.3 Å². The summed E-state index contributed by atoms with van der Waals surface area (Å²) in [5, 5.41) is 3.80. The Bertz CT molecular complexity index is 417. The standard InChI is InChI=1S/C12H19N3O2S.2ClH/c1-2-9-6-14-11(18-9)7-15-12(16)10-4-3-8(5-13)17-10;;/h6,8,10H,2-5,7,13H2,1H3,(H,15,16);2*1H/t8-,10+;;/m1../s1. The fourth-order valence-electron chi connectivity index (χ4n) is 1.94. The van der Waals surface area contributed by atoms with Gasteiger partial charge < -0.3 is 15.8 Å². The molecule has 0 unspecified atom stereocenters. The fourth-order valence-corrected chi connectivity index (χ4v) is 2.74. The van der Waals surface area contributed by atoms with Crippen LogP contribution < -0.4 is 11.1 Å². The third kappa shape index (κ3) is 5.18. The summed E-state index contributed by atoms with van der Waals surface area (Å²) in [5.41, 5.74) is 5.51. The van der Waals surface area contributed by atoms with Crippen LogP contribution in [-0.4, -0.2) is 29.6 Å². The summed E-state index contributed by atoms with van der Waals surface area (Å²) in [6, 6.07) is 0. The molecule has 0 aliphatic carbocycles. The van der Waals surface area contributed by atoms with Crippen LogP contribution in [0.5, 0.6) is 0 Å². The number of aryl methyl sites for hydroxylation is 1. The number of nitrogens with one attached hydrogen (secondary N) is 1. The minimum atomic E-state index is -0.343. The molecule has 2 heterocycles. The number of carbonyl (C=O) groups excluding carboxylic acids is 1. The first kappa shape index (κ1) is 19.6. The van der Waals surface area contributed by atoms with Crippen molar-refractivity contribution in [3.05, 3.63) is 16.1 Å². The highest BCUT2D eigenvalue weighted by Gasteiger charge is 2.29. The van der Waals surface area contributed by atoms with Crippen molar-refractivity contribution >= 4 is 42.1 Å². The van der Waals surface area contributed by atoms with Crippen molar-refractivity contribution < 1.29 is 9.53 Å². The number of amides is 1. The van der Waals surface area contributed by atoms with E-state index in [0.29, 0.717) is 13.1 Å². The van der Waals surface area contributed by atoms with Crippen molar-refractivity contribution in [1.29, 1.82) is 0 Å². The van der Waals surface area contributed by atoms with Crippen LogP contribution in [-0.2, 0) is 22.5 Å². The number of halogens is 2. The first-order chi connectivity index (χ1) is 8.72. The minimum Gasteiger partial charge on any atom is -0.364 e. The molecule has 1 fully saturated rings. The van der Waals surface area contributed by atoms with E-state index in [9.17, 15) is 4.79 Å². The molecule has 0 aromatic carbocycles. The Kier molecular flexibility index (Phi) is 9.33. The van der Waals surface area contributed by atoms with Gasteiger partial charge in [0.15, 0.2) is 0 Å². The van der Waals surface area contributed by atoms with Crippen molar-refractivity contribution in [3.63, 3.8) is 0 Å². The van der Waals surface area contributed by atoms with Gasteiger partial charge >= 0.3 is 0 Å². The third-order valence-corrected chi connectivity index (χ3v) is 4.17. The summed E-state index contributed by atoms with van der Waals surface area (Å²) in [5.74, 6) is -0.0563. The lowest BCUT2D eigenvalue weighted by molar-refractivity contribution is -0.132. The van der Waals surface area contributed by atoms with Gasteiger partial charge in [-0.15, -0.1) is 36.2 Å². The van der Waals surface area contributed by atoms with E-state index >= 15 is 0 Å². The van der Waals surface area contributed by atoms with Crippen LogP contribution in [0.1, 0.15) is 29.7 Å². The largest absolute Gasteiger partial charge is 0.364 e. The van der Waals surface area contributed by atoms with Crippen LogP contribution in [0.15, 0.2) is 6.20 Å². The Morgan fingerprint density at radius 3 is 2.85 bits per heavy atom. The average molecular weight is 342 g/mol. The summed E-state index contributed by atoms with van der Waals surface area (Å²) >= 11 is 1.64. The summed E-state index contributed by atoms with van der Waals surface area (Å²) in [4.78, 5) is 17.4. The van der Waals surface area contributed by atoms with Crippen LogP contribution in [0.2, 0.25) is 0 Å². The number of hydrogen-bond acceptors (Lipinski definition) is 5. The quantitative estimate of drug-likeness (QED) is 0.853. The minimum absolute atomic E-state index is 0. The topological polar surface area (TPSA) is 77.2 Å². The highest BCUT2D eigenvalue weighted by Crippen LogP contribution is 2.19. The second-order valence-electron chi connectivity index (χ2n) is 4.35. The van der Waals surface area contributed by atoms with Crippen molar-refractivity contribution in [1.82, 2.24) is 10.3 Å². The van der Waals surface area contributed by atoms with E-state index in [1.807, 2.05) is 6.20 Å². The van der Waals surface area contributed by atoms with E-state index in [1.165, 1.54) is 4.88 Å². The average Bonchev–Trinajstić information content (AvgIpc) is 3.04. The molecular weight excluding hydrogens is 321 g/mol. The Balaban J connectivity index is 0.00000180. The van der Waals surface area contributed by atoms with Gasteiger partial charge in [-0.1, -0.05) is 6.92 Å². The lowest BCUT2D eigenvalue weighted by atomic mass is 10.2. The molecule has 1 saturated heterocycles. The molecule has 2 rings (SSSR count). The number of nitrogens with zero attached hydrogens (tertiary/aromatic N) is 1. The van der Waals surface area contributed by atoms with Gasteiger partial charge in [0.1, 0.15) is 11.1 Å². The summed E-state index contributed by atoms with van der Waals surface area (Å²) in [6.45, 7) is 3.06. The van der Waals surface area contributed by atoms with Gasteiger partial charge in [-0.25, -0.2) is 4.98 Å². The molecule has 0 saturated carbocycles. The van der Waals surface area contributed by atoms with Gasteiger partial charge in [-0.2, -0.15) is 0 Å². The van der Waals surface area contributed by atoms with Crippen molar-refractivity contribution in [2.45, 2.75) is 44.9 Å². The zero-order chi connectivity index (χ0) is 13.0. The predicted molar refractivity (Wildman–Crippen MR) is 84.8 cm³/mol. The lowest BCUT2D eigenvalue weighted by Crippen LogP contribution is -2.35. The van der Waals surface area contributed by atoms with E-state index in [4.69, 9.17) is 10.5 Å². The molecule has 2 atom stereocenters. The van der Waals surface area contributed by atoms with Crippen molar-refractivity contribution in [2.75, 3.05) is 6.54 Å². The SMILES string of the molecule is CCc1cnc(CNC(=O)[C@@H]2CC[C@H](CN)O2)s1.Cl.Cl. The van der Waals surface area contributed by atoms with E-state index < -0.39 is 0 Å². The first-order valence-electron chi connectivity index (χ1n) is 6.29. The fraction of sp³-hybridized carbons (Fsp3) is 0.667. The van der Waals surface area contributed by atoms with Gasteiger partial charge in [-0.3, -0.25) is 4.79 Å².